The van der Waals surface area contributed by atoms with Gasteiger partial charge in [0, 0.05) is 38.9 Å². The molecule has 1 saturated heterocycles. The van der Waals surface area contributed by atoms with Gasteiger partial charge in [0.15, 0.2) is 6.29 Å². The van der Waals surface area contributed by atoms with Gasteiger partial charge in [-0.05, 0) is 83.3 Å². The average Bonchev–Trinajstić information content (AvgIpc) is 2.97. The molecule has 0 spiro atoms. The summed E-state index contributed by atoms with van der Waals surface area (Å²) in [5.74, 6) is 1.37. The van der Waals surface area contributed by atoms with Gasteiger partial charge in [-0.25, -0.2) is 0 Å². The maximum Gasteiger partial charge on any atom is 0.159 e. The van der Waals surface area contributed by atoms with Crippen LogP contribution in [0.3, 0.4) is 0 Å². The van der Waals surface area contributed by atoms with E-state index in [0.29, 0.717) is 12.5 Å². The van der Waals surface area contributed by atoms with Gasteiger partial charge in [-0.1, -0.05) is 61.2 Å². The molecule has 0 unspecified atom stereocenters. The minimum Gasteiger partial charge on any atom is -0.489 e. The Morgan fingerprint density at radius 2 is 1.65 bits per heavy atom. The van der Waals surface area contributed by atoms with Gasteiger partial charge in [0.25, 0.3) is 0 Å². The predicted octanol–water partition coefficient (Wildman–Crippen LogP) is 7.04. The number of allylic oxidation sites excluding steroid dienone is 2. The van der Waals surface area contributed by atoms with Crippen molar-refractivity contribution in [3.05, 3.63) is 113 Å². The molecule has 1 aliphatic heterocycles. The van der Waals surface area contributed by atoms with Gasteiger partial charge in [0.1, 0.15) is 12.4 Å². The van der Waals surface area contributed by atoms with Crippen LogP contribution in [0, 0.1) is 5.92 Å². The normalized spacial score (nSPS) is 16.1. The Balaban J connectivity index is 1.31. The Morgan fingerprint density at radius 1 is 0.919 bits per heavy atom. The third-order valence-electron chi connectivity index (χ3n) is 7.74. The van der Waals surface area contributed by atoms with Crippen LogP contribution in [0.1, 0.15) is 41.5 Å². The summed E-state index contributed by atoms with van der Waals surface area (Å²) in [4.78, 5) is 2.47. The molecule has 37 heavy (non-hydrogen) atoms. The number of hydrogen-bond donors (Lipinski definition) is 0. The van der Waals surface area contributed by atoms with Gasteiger partial charge in [0.05, 0.1) is 0 Å². The van der Waals surface area contributed by atoms with E-state index < -0.39 is 0 Å². The fourth-order valence-corrected chi connectivity index (χ4v) is 5.71. The summed E-state index contributed by atoms with van der Waals surface area (Å²) in [5, 5.41) is 0. The summed E-state index contributed by atoms with van der Waals surface area (Å²) < 4.78 is 17.1. The molecule has 0 atom stereocenters. The average molecular weight is 496 g/mol. The first-order chi connectivity index (χ1) is 18.2. The number of fused-ring (bicyclic) bond motifs is 1. The third-order valence-corrected chi connectivity index (χ3v) is 7.74. The molecular formula is C33H37NO3. The molecular weight excluding hydrogens is 458 g/mol. The second kappa shape index (κ2) is 11.8. The van der Waals surface area contributed by atoms with Crippen LogP contribution in [0.2, 0.25) is 0 Å². The van der Waals surface area contributed by atoms with Gasteiger partial charge in [-0.3, -0.25) is 0 Å². The summed E-state index contributed by atoms with van der Waals surface area (Å²) in [6.07, 6.45) is 6.05. The van der Waals surface area contributed by atoms with Crippen molar-refractivity contribution in [3.8, 4) is 5.75 Å². The fraction of sp³-hybridized carbons (Fsp3) is 0.333. The van der Waals surface area contributed by atoms with E-state index in [0.717, 1.165) is 44.5 Å². The van der Waals surface area contributed by atoms with Crippen LogP contribution in [0.25, 0.3) is 5.57 Å². The van der Waals surface area contributed by atoms with Crippen molar-refractivity contribution in [2.75, 3.05) is 32.2 Å². The topological polar surface area (TPSA) is 30.9 Å². The molecule has 4 heteroatoms. The van der Waals surface area contributed by atoms with Gasteiger partial charge in [-0.15, -0.1) is 0 Å². The SMILES string of the molecule is C=CC1=C(c2ccc(N3CCC(C(OC)OC)CC3)cc2)c2ccc(OCc3ccccc3)cc2CC1. The predicted molar refractivity (Wildman–Crippen MR) is 151 cm³/mol. The number of benzene rings is 3. The minimum atomic E-state index is -0.107. The second-order valence-electron chi connectivity index (χ2n) is 9.91. The Hall–Kier alpha value is -3.34. The number of methoxy groups -OCH3 is 2. The highest BCUT2D eigenvalue weighted by molar-refractivity contribution is 5.87. The Bertz CT molecular complexity index is 1220. The molecule has 0 N–H and O–H groups in total. The number of aryl methyl sites for hydroxylation is 1. The monoisotopic (exact) mass is 495 g/mol. The summed E-state index contributed by atoms with van der Waals surface area (Å²) in [6.45, 7) is 6.74. The number of ether oxygens (including phenoxy) is 3. The number of hydrogen-bond acceptors (Lipinski definition) is 4. The lowest BCUT2D eigenvalue weighted by atomic mass is 9.82. The molecule has 1 aliphatic carbocycles. The standard InChI is InChI=1S/C33H37NO3/c1-4-25-10-11-28-22-30(37-23-24-8-6-5-7-9-24)16-17-31(28)32(25)26-12-14-29(15-13-26)34-20-18-27(19-21-34)33(35-2)36-3/h4-9,12-17,22,27,33H,1,10-11,18-21,23H2,2-3H3. The van der Waals surface area contributed by atoms with Crippen LogP contribution in [-0.4, -0.2) is 33.6 Å². The fourth-order valence-electron chi connectivity index (χ4n) is 5.71. The molecule has 5 rings (SSSR count). The van der Waals surface area contributed by atoms with E-state index in [-0.39, 0.29) is 6.29 Å². The lowest BCUT2D eigenvalue weighted by Crippen LogP contribution is -2.39. The first kappa shape index (κ1) is 25.3. The molecule has 4 nitrogen and oxygen atoms in total. The van der Waals surface area contributed by atoms with Crippen molar-refractivity contribution in [2.24, 2.45) is 5.92 Å². The van der Waals surface area contributed by atoms with E-state index in [4.69, 9.17) is 14.2 Å². The Labute approximate surface area is 221 Å². The van der Waals surface area contributed by atoms with E-state index in [9.17, 15) is 0 Å². The lowest BCUT2D eigenvalue weighted by Gasteiger charge is -2.36. The van der Waals surface area contributed by atoms with Crippen LogP contribution >= 0.6 is 0 Å². The molecule has 192 valence electrons. The van der Waals surface area contributed by atoms with Crippen molar-refractivity contribution in [2.45, 2.75) is 38.6 Å². The molecule has 0 amide bonds. The van der Waals surface area contributed by atoms with Crippen LogP contribution in [-0.2, 0) is 22.5 Å². The molecule has 1 heterocycles. The summed E-state index contributed by atoms with van der Waals surface area (Å²) in [5.41, 5.74) is 8.91. The summed E-state index contributed by atoms with van der Waals surface area (Å²) in [7, 11) is 3.46. The Kier molecular flexibility index (Phi) is 8.08. The number of rotatable bonds is 9. The summed E-state index contributed by atoms with van der Waals surface area (Å²) >= 11 is 0. The second-order valence-corrected chi connectivity index (χ2v) is 9.91. The van der Waals surface area contributed by atoms with Crippen molar-refractivity contribution in [1.29, 1.82) is 0 Å². The third kappa shape index (κ3) is 5.66. The molecule has 1 fully saturated rings. The minimum absolute atomic E-state index is 0.107. The van der Waals surface area contributed by atoms with E-state index in [1.807, 2.05) is 24.3 Å². The van der Waals surface area contributed by atoms with Gasteiger partial charge >= 0.3 is 0 Å². The zero-order valence-corrected chi connectivity index (χ0v) is 22.0. The first-order valence-corrected chi connectivity index (χ1v) is 13.3. The van der Waals surface area contributed by atoms with Crippen LogP contribution in [0.15, 0.2) is 91.0 Å². The summed E-state index contributed by atoms with van der Waals surface area (Å²) in [6, 6.07) is 25.9. The molecule has 0 saturated carbocycles. The number of anilines is 1. The number of piperidine rings is 1. The van der Waals surface area contributed by atoms with Crippen molar-refractivity contribution in [1.82, 2.24) is 0 Å². The van der Waals surface area contributed by atoms with Crippen LogP contribution < -0.4 is 9.64 Å². The zero-order valence-electron chi connectivity index (χ0n) is 22.0. The van der Waals surface area contributed by atoms with E-state index >= 15 is 0 Å². The molecule has 2 aliphatic rings. The lowest BCUT2D eigenvalue weighted by molar-refractivity contribution is -0.141. The molecule has 3 aromatic carbocycles. The van der Waals surface area contributed by atoms with Crippen molar-refractivity contribution >= 4 is 11.3 Å². The van der Waals surface area contributed by atoms with Crippen LogP contribution in [0.5, 0.6) is 5.75 Å². The van der Waals surface area contributed by atoms with Gasteiger partial charge < -0.3 is 19.1 Å². The molecule has 3 aromatic rings. The highest BCUT2D eigenvalue weighted by atomic mass is 16.7. The van der Waals surface area contributed by atoms with Crippen LogP contribution in [0.4, 0.5) is 5.69 Å². The highest BCUT2D eigenvalue weighted by Gasteiger charge is 2.27. The van der Waals surface area contributed by atoms with Gasteiger partial charge in [0.2, 0.25) is 0 Å². The van der Waals surface area contributed by atoms with Gasteiger partial charge in [-0.2, -0.15) is 0 Å². The quantitative estimate of drug-likeness (QED) is 0.298. The largest absolute Gasteiger partial charge is 0.489 e. The maximum absolute atomic E-state index is 6.11. The Morgan fingerprint density at radius 3 is 2.32 bits per heavy atom. The highest BCUT2D eigenvalue weighted by Crippen LogP contribution is 2.39. The number of nitrogens with zero attached hydrogens (tertiary/aromatic N) is 1. The van der Waals surface area contributed by atoms with E-state index in [1.165, 1.54) is 39.1 Å². The van der Waals surface area contributed by atoms with E-state index in [2.05, 4.69) is 66.1 Å². The molecule has 0 radical (unpaired) electrons. The van der Waals surface area contributed by atoms with E-state index in [1.54, 1.807) is 14.2 Å². The maximum atomic E-state index is 6.11. The molecule has 0 aromatic heterocycles. The zero-order chi connectivity index (χ0) is 25.6. The smallest absolute Gasteiger partial charge is 0.159 e. The van der Waals surface area contributed by atoms with Crippen molar-refractivity contribution in [3.63, 3.8) is 0 Å². The first-order valence-electron chi connectivity index (χ1n) is 13.3. The molecule has 0 bridgehead atoms. The van der Waals surface area contributed by atoms with Crippen molar-refractivity contribution < 1.29 is 14.2 Å².